The van der Waals surface area contributed by atoms with Gasteiger partial charge in [0, 0.05) is 17.5 Å². The van der Waals surface area contributed by atoms with E-state index < -0.39 is 0 Å². The Kier molecular flexibility index (Phi) is 3.84. The minimum atomic E-state index is -0.0160. The van der Waals surface area contributed by atoms with Crippen LogP contribution in [0, 0.1) is 0 Å². The topological polar surface area (TPSA) is 63.8 Å². The van der Waals surface area contributed by atoms with E-state index in [0.717, 1.165) is 16.5 Å². The summed E-state index contributed by atoms with van der Waals surface area (Å²) in [5, 5.41) is 0. The van der Waals surface area contributed by atoms with Crippen LogP contribution >= 0.6 is 22.9 Å². The number of hydrazine groups is 1. The second-order valence-corrected chi connectivity index (χ2v) is 5.06. The van der Waals surface area contributed by atoms with Crippen LogP contribution in [-0.2, 0) is 6.42 Å². The summed E-state index contributed by atoms with van der Waals surface area (Å²) in [7, 11) is 0. The van der Waals surface area contributed by atoms with Gasteiger partial charge in [0.05, 0.1) is 16.1 Å². The number of nitrogens with two attached hydrogens (primary N) is 1. The van der Waals surface area contributed by atoms with E-state index in [4.69, 9.17) is 17.4 Å². The molecule has 0 aliphatic rings. The van der Waals surface area contributed by atoms with Crippen molar-refractivity contribution >= 4 is 22.9 Å². The SMILES string of the molecule is NNC(Cc1ccc(Cl)s1)c1ccncn1. The molecule has 2 heterocycles. The van der Waals surface area contributed by atoms with E-state index in [0.29, 0.717) is 0 Å². The molecule has 0 spiro atoms. The first-order valence-electron chi connectivity index (χ1n) is 4.76. The van der Waals surface area contributed by atoms with Crippen LogP contribution in [-0.4, -0.2) is 9.97 Å². The first-order valence-corrected chi connectivity index (χ1v) is 5.95. The van der Waals surface area contributed by atoms with Crippen LogP contribution in [0.3, 0.4) is 0 Å². The van der Waals surface area contributed by atoms with E-state index in [9.17, 15) is 0 Å². The number of nitrogens with one attached hydrogen (secondary N) is 1. The maximum absolute atomic E-state index is 5.87. The molecule has 4 nitrogen and oxygen atoms in total. The van der Waals surface area contributed by atoms with E-state index in [1.54, 1.807) is 17.5 Å². The van der Waals surface area contributed by atoms with Gasteiger partial charge in [-0.15, -0.1) is 11.3 Å². The third-order valence-corrected chi connectivity index (χ3v) is 3.45. The van der Waals surface area contributed by atoms with Crippen LogP contribution in [0.2, 0.25) is 4.34 Å². The fraction of sp³-hybridized carbons (Fsp3) is 0.200. The van der Waals surface area contributed by atoms with Gasteiger partial charge in [0.2, 0.25) is 0 Å². The first-order chi connectivity index (χ1) is 7.79. The fourth-order valence-corrected chi connectivity index (χ4v) is 2.55. The summed E-state index contributed by atoms with van der Waals surface area (Å²) in [5.41, 5.74) is 3.63. The van der Waals surface area contributed by atoms with Gasteiger partial charge in [-0.1, -0.05) is 11.6 Å². The van der Waals surface area contributed by atoms with Crippen LogP contribution < -0.4 is 11.3 Å². The average Bonchev–Trinajstić information content (AvgIpc) is 2.73. The standard InChI is InChI=1S/C10H11ClN4S/c11-10-2-1-7(16-10)5-9(15-12)8-3-4-13-6-14-8/h1-4,6,9,15H,5,12H2. The van der Waals surface area contributed by atoms with Gasteiger partial charge in [0.15, 0.2) is 0 Å². The van der Waals surface area contributed by atoms with Crippen molar-refractivity contribution in [3.05, 3.63) is 45.6 Å². The van der Waals surface area contributed by atoms with Gasteiger partial charge in [-0.25, -0.2) is 9.97 Å². The van der Waals surface area contributed by atoms with E-state index in [1.165, 1.54) is 11.2 Å². The molecule has 6 heteroatoms. The molecule has 0 amide bonds. The average molecular weight is 255 g/mol. The normalized spacial score (nSPS) is 12.6. The van der Waals surface area contributed by atoms with Crippen LogP contribution in [0.1, 0.15) is 16.6 Å². The van der Waals surface area contributed by atoms with Crippen LogP contribution in [0.5, 0.6) is 0 Å². The molecule has 3 N–H and O–H groups in total. The van der Waals surface area contributed by atoms with Crippen LogP contribution in [0.15, 0.2) is 30.7 Å². The Morgan fingerprint density at radius 3 is 2.88 bits per heavy atom. The zero-order valence-corrected chi connectivity index (χ0v) is 10.0. The monoisotopic (exact) mass is 254 g/mol. The molecule has 2 rings (SSSR count). The fourth-order valence-electron chi connectivity index (χ4n) is 1.42. The molecule has 0 aliphatic heterocycles. The number of thiophene rings is 1. The highest BCUT2D eigenvalue weighted by Gasteiger charge is 2.12. The molecule has 1 atom stereocenters. The van der Waals surface area contributed by atoms with Crippen molar-refractivity contribution in [1.82, 2.24) is 15.4 Å². The van der Waals surface area contributed by atoms with E-state index in [-0.39, 0.29) is 6.04 Å². The molecule has 2 aromatic heterocycles. The second kappa shape index (κ2) is 5.36. The summed E-state index contributed by atoms with van der Waals surface area (Å²) in [6.45, 7) is 0. The maximum Gasteiger partial charge on any atom is 0.115 e. The van der Waals surface area contributed by atoms with Gasteiger partial charge in [-0.2, -0.15) is 0 Å². The maximum atomic E-state index is 5.87. The Balaban J connectivity index is 2.12. The lowest BCUT2D eigenvalue weighted by molar-refractivity contribution is 0.540. The molecule has 84 valence electrons. The van der Waals surface area contributed by atoms with E-state index in [2.05, 4.69) is 15.4 Å². The van der Waals surface area contributed by atoms with Gasteiger partial charge in [-0.3, -0.25) is 11.3 Å². The Morgan fingerprint density at radius 2 is 2.31 bits per heavy atom. The molecular weight excluding hydrogens is 244 g/mol. The second-order valence-electron chi connectivity index (χ2n) is 3.26. The third-order valence-electron chi connectivity index (χ3n) is 2.20. The molecule has 0 aliphatic carbocycles. The molecule has 0 fully saturated rings. The summed E-state index contributed by atoms with van der Waals surface area (Å²) in [6, 6.07) is 5.71. The summed E-state index contributed by atoms with van der Waals surface area (Å²) in [4.78, 5) is 9.22. The predicted octanol–water partition coefficient (Wildman–Crippen LogP) is 1.94. The lowest BCUT2D eigenvalue weighted by Gasteiger charge is -2.13. The van der Waals surface area contributed by atoms with Crippen molar-refractivity contribution in [2.45, 2.75) is 12.5 Å². The Morgan fingerprint density at radius 1 is 1.44 bits per heavy atom. The van der Waals surface area contributed by atoms with Gasteiger partial charge in [0.25, 0.3) is 0 Å². The zero-order valence-electron chi connectivity index (χ0n) is 8.43. The van der Waals surface area contributed by atoms with Gasteiger partial charge in [0.1, 0.15) is 6.33 Å². The molecule has 2 aromatic rings. The smallest absolute Gasteiger partial charge is 0.115 e. The van der Waals surface area contributed by atoms with Crippen molar-refractivity contribution in [2.75, 3.05) is 0 Å². The number of hydrogen-bond acceptors (Lipinski definition) is 5. The van der Waals surface area contributed by atoms with Crippen molar-refractivity contribution in [1.29, 1.82) is 0 Å². The molecule has 0 bridgehead atoms. The van der Waals surface area contributed by atoms with Gasteiger partial charge >= 0.3 is 0 Å². The number of aromatic nitrogens is 2. The van der Waals surface area contributed by atoms with E-state index in [1.807, 2.05) is 18.2 Å². The Labute approximate surface area is 102 Å². The van der Waals surface area contributed by atoms with Gasteiger partial charge < -0.3 is 0 Å². The molecule has 0 aromatic carbocycles. The quantitative estimate of drug-likeness (QED) is 0.647. The van der Waals surface area contributed by atoms with Crippen LogP contribution in [0.4, 0.5) is 0 Å². The summed E-state index contributed by atoms with van der Waals surface area (Å²) in [6.07, 6.45) is 3.99. The molecule has 0 saturated carbocycles. The molecule has 1 unspecified atom stereocenters. The van der Waals surface area contributed by atoms with Crippen molar-refractivity contribution in [2.24, 2.45) is 5.84 Å². The first kappa shape index (κ1) is 11.5. The zero-order chi connectivity index (χ0) is 11.4. The summed E-state index contributed by atoms with van der Waals surface area (Å²) >= 11 is 7.43. The van der Waals surface area contributed by atoms with Crippen molar-refractivity contribution < 1.29 is 0 Å². The predicted molar refractivity (Wildman–Crippen MR) is 65.1 cm³/mol. The minimum Gasteiger partial charge on any atom is -0.271 e. The Hall–Kier alpha value is -1.01. The van der Waals surface area contributed by atoms with Crippen molar-refractivity contribution in [3.63, 3.8) is 0 Å². The highest BCUT2D eigenvalue weighted by atomic mass is 35.5. The number of nitrogens with zero attached hydrogens (tertiary/aromatic N) is 2. The minimum absolute atomic E-state index is 0.0160. The lowest BCUT2D eigenvalue weighted by atomic mass is 10.1. The number of halogens is 1. The van der Waals surface area contributed by atoms with E-state index >= 15 is 0 Å². The van der Waals surface area contributed by atoms with Crippen LogP contribution in [0.25, 0.3) is 0 Å². The van der Waals surface area contributed by atoms with Gasteiger partial charge in [-0.05, 0) is 18.2 Å². The molecular formula is C10H11ClN4S. The highest BCUT2D eigenvalue weighted by Crippen LogP contribution is 2.25. The molecule has 0 radical (unpaired) electrons. The molecule has 16 heavy (non-hydrogen) atoms. The largest absolute Gasteiger partial charge is 0.271 e. The summed E-state index contributed by atoms with van der Waals surface area (Å²) in [5.74, 6) is 5.52. The lowest BCUT2D eigenvalue weighted by Crippen LogP contribution is -2.30. The van der Waals surface area contributed by atoms with Crippen molar-refractivity contribution in [3.8, 4) is 0 Å². The number of hydrogen-bond donors (Lipinski definition) is 2. The number of rotatable bonds is 4. The third kappa shape index (κ3) is 2.76. The summed E-state index contributed by atoms with van der Waals surface area (Å²) < 4.78 is 0.786. The molecule has 0 saturated heterocycles. The highest BCUT2D eigenvalue weighted by molar-refractivity contribution is 7.16. The Bertz CT molecular complexity index is 445.